The van der Waals surface area contributed by atoms with Gasteiger partial charge in [-0.1, -0.05) is 36.4 Å². The predicted molar refractivity (Wildman–Crippen MR) is 123 cm³/mol. The van der Waals surface area contributed by atoms with Crippen LogP contribution in [0.5, 0.6) is 0 Å². The first-order valence-electron chi connectivity index (χ1n) is 9.93. The first kappa shape index (κ1) is 20.1. The Morgan fingerprint density at radius 1 is 0.967 bits per heavy atom. The molecule has 5 heteroatoms. The van der Waals surface area contributed by atoms with Crippen LogP contribution in [0.25, 0.3) is 10.9 Å². The van der Waals surface area contributed by atoms with Gasteiger partial charge in [0.25, 0.3) is 11.5 Å². The molecule has 0 fully saturated rings. The third-order valence-corrected chi connectivity index (χ3v) is 6.44. The van der Waals surface area contributed by atoms with E-state index in [1.807, 2.05) is 74.7 Å². The molecule has 1 N–H and O–H groups in total. The van der Waals surface area contributed by atoms with Crippen LogP contribution in [0.3, 0.4) is 0 Å². The number of H-pyrrole nitrogens is 1. The molecule has 30 heavy (non-hydrogen) atoms. The van der Waals surface area contributed by atoms with Crippen molar-refractivity contribution in [2.45, 2.75) is 33.9 Å². The van der Waals surface area contributed by atoms with Gasteiger partial charge in [-0.05, 0) is 66.4 Å². The molecule has 0 radical (unpaired) electrons. The maximum atomic E-state index is 13.4. The Morgan fingerprint density at radius 2 is 1.77 bits per heavy atom. The number of carbonyl (C=O) groups is 1. The lowest BCUT2D eigenvalue weighted by molar-refractivity contribution is 0.0730. The summed E-state index contributed by atoms with van der Waals surface area (Å²) in [5, 5.41) is 2.98. The number of hydrogen-bond donors (Lipinski definition) is 1. The summed E-state index contributed by atoms with van der Waals surface area (Å²) < 4.78 is 0. The van der Waals surface area contributed by atoms with Crippen molar-refractivity contribution in [1.29, 1.82) is 0 Å². The highest BCUT2D eigenvalue weighted by molar-refractivity contribution is 7.09. The number of nitrogens with zero attached hydrogens (tertiary/aromatic N) is 1. The van der Waals surface area contributed by atoms with Gasteiger partial charge < -0.3 is 9.88 Å². The van der Waals surface area contributed by atoms with Crippen molar-refractivity contribution in [3.63, 3.8) is 0 Å². The molecule has 2 heterocycles. The number of aromatic nitrogens is 1. The second kappa shape index (κ2) is 8.28. The van der Waals surface area contributed by atoms with E-state index in [-0.39, 0.29) is 18.0 Å². The molecule has 0 bridgehead atoms. The summed E-state index contributed by atoms with van der Waals surface area (Å²) in [6, 6.07) is 17.6. The summed E-state index contributed by atoms with van der Waals surface area (Å²) in [6.07, 6.45) is 0. The molecule has 152 valence electrons. The second-order valence-electron chi connectivity index (χ2n) is 7.65. The summed E-state index contributed by atoms with van der Waals surface area (Å²) in [7, 11) is 0. The highest BCUT2D eigenvalue weighted by Gasteiger charge is 2.20. The molecule has 2 aromatic heterocycles. The molecular weight excluding hydrogens is 392 g/mol. The van der Waals surface area contributed by atoms with Crippen LogP contribution >= 0.6 is 11.3 Å². The topological polar surface area (TPSA) is 53.2 Å². The van der Waals surface area contributed by atoms with Gasteiger partial charge in [0, 0.05) is 16.0 Å². The Balaban J connectivity index is 1.74. The molecular formula is C25H24N2O2S. The fraction of sp³-hybridized carbons (Fsp3) is 0.200. The number of carbonyl (C=O) groups excluding carboxylic acids is 1. The van der Waals surface area contributed by atoms with Crippen LogP contribution in [-0.4, -0.2) is 15.8 Å². The first-order chi connectivity index (χ1) is 14.4. The second-order valence-corrected chi connectivity index (χ2v) is 8.68. The fourth-order valence-electron chi connectivity index (χ4n) is 3.67. The van der Waals surface area contributed by atoms with Crippen molar-refractivity contribution < 1.29 is 4.79 Å². The Hall–Kier alpha value is -3.18. The number of benzene rings is 2. The predicted octanol–water partition coefficient (Wildman–Crippen LogP) is 5.36. The van der Waals surface area contributed by atoms with Crippen LogP contribution in [0.1, 0.15) is 37.5 Å². The van der Waals surface area contributed by atoms with E-state index in [0.29, 0.717) is 17.7 Å². The molecule has 4 aromatic rings. The minimum atomic E-state index is -0.148. The summed E-state index contributed by atoms with van der Waals surface area (Å²) in [4.78, 5) is 32.1. The van der Waals surface area contributed by atoms with E-state index in [1.165, 1.54) is 0 Å². The standard InChI is InChI=1S/C25H24N2O2S/c1-16-10-11-19-13-20(24(28)26-23(19)18(16)3)14-27(15-21-8-6-12-30-21)25(29)22-9-5-4-7-17(22)2/h4-13H,14-15H2,1-3H3,(H,26,28). The number of amides is 1. The van der Waals surface area contributed by atoms with E-state index < -0.39 is 0 Å². The molecule has 0 aliphatic rings. The van der Waals surface area contributed by atoms with Gasteiger partial charge in [-0.2, -0.15) is 0 Å². The third-order valence-electron chi connectivity index (χ3n) is 5.58. The lowest BCUT2D eigenvalue weighted by atomic mass is 10.0. The van der Waals surface area contributed by atoms with Crippen molar-refractivity contribution in [3.8, 4) is 0 Å². The highest BCUT2D eigenvalue weighted by Crippen LogP contribution is 2.21. The van der Waals surface area contributed by atoms with E-state index in [1.54, 1.807) is 16.2 Å². The van der Waals surface area contributed by atoms with Crippen molar-refractivity contribution in [1.82, 2.24) is 9.88 Å². The lowest BCUT2D eigenvalue weighted by Gasteiger charge is -2.23. The van der Waals surface area contributed by atoms with Crippen molar-refractivity contribution in [2.75, 3.05) is 0 Å². The van der Waals surface area contributed by atoms with E-state index >= 15 is 0 Å². The van der Waals surface area contributed by atoms with Crippen LogP contribution in [0.4, 0.5) is 0 Å². The van der Waals surface area contributed by atoms with Gasteiger partial charge in [-0.25, -0.2) is 0 Å². The zero-order chi connectivity index (χ0) is 21.3. The molecule has 0 aliphatic carbocycles. The van der Waals surface area contributed by atoms with Gasteiger partial charge in [-0.3, -0.25) is 9.59 Å². The van der Waals surface area contributed by atoms with Gasteiger partial charge in [0.15, 0.2) is 0 Å². The summed E-state index contributed by atoms with van der Waals surface area (Å²) in [5.74, 6) is -0.0684. The van der Waals surface area contributed by atoms with Gasteiger partial charge >= 0.3 is 0 Å². The third kappa shape index (κ3) is 3.94. The number of aryl methyl sites for hydroxylation is 3. The van der Waals surface area contributed by atoms with Gasteiger partial charge in [0.05, 0.1) is 18.6 Å². The Morgan fingerprint density at radius 3 is 2.50 bits per heavy atom. The van der Waals surface area contributed by atoms with E-state index in [0.717, 1.165) is 32.5 Å². The molecule has 4 nitrogen and oxygen atoms in total. The van der Waals surface area contributed by atoms with Gasteiger partial charge in [-0.15, -0.1) is 11.3 Å². The molecule has 2 aromatic carbocycles. The lowest BCUT2D eigenvalue weighted by Crippen LogP contribution is -2.32. The minimum absolute atomic E-state index is 0.0684. The molecule has 0 unspecified atom stereocenters. The summed E-state index contributed by atoms with van der Waals surface area (Å²) in [6.45, 7) is 6.70. The van der Waals surface area contributed by atoms with Crippen LogP contribution in [0.15, 0.2) is 64.8 Å². The number of nitrogens with one attached hydrogen (secondary N) is 1. The molecule has 1 amide bonds. The van der Waals surface area contributed by atoms with E-state index in [9.17, 15) is 9.59 Å². The largest absolute Gasteiger partial charge is 0.329 e. The van der Waals surface area contributed by atoms with E-state index in [4.69, 9.17) is 0 Å². The van der Waals surface area contributed by atoms with E-state index in [2.05, 4.69) is 11.1 Å². The summed E-state index contributed by atoms with van der Waals surface area (Å²) in [5.41, 5.74) is 5.10. The average Bonchev–Trinajstić information content (AvgIpc) is 3.24. The summed E-state index contributed by atoms with van der Waals surface area (Å²) >= 11 is 1.61. The Labute approximate surface area is 179 Å². The number of aromatic amines is 1. The smallest absolute Gasteiger partial charge is 0.254 e. The fourth-order valence-corrected chi connectivity index (χ4v) is 4.39. The zero-order valence-electron chi connectivity index (χ0n) is 17.4. The van der Waals surface area contributed by atoms with Crippen LogP contribution < -0.4 is 5.56 Å². The molecule has 0 aliphatic heterocycles. The molecule has 0 saturated heterocycles. The SMILES string of the molecule is Cc1ccccc1C(=O)N(Cc1cccs1)Cc1cc2ccc(C)c(C)c2[nH]c1=O. The minimum Gasteiger partial charge on any atom is -0.329 e. The molecule has 0 spiro atoms. The monoisotopic (exact) mass is 416 g/mol. The van der Waals surface area contributed by atoms with Gasteiger partial charge in [0.1, 0.15) is 0 Å². The molecule has 4 rings (SSSR count). The number of pyridine rings is 1. The number of fused-ring (bicyclic) bond motifs is 1. The number of rotatable bonds is 5. The highest BCUT2D eigenvalue weighted by atomic mass is 32.1. The Bertz CT molecular complexity index is 1270. The van der Waals surface area contributed by atoms with Crippen molar-refractivity contribution in [3.05, 3.63) is 103 Å². The van der Waals surface area contributed by atoms with Crippen LogP contribution in [0, 0.1) is 20.8 Å². The quantitative estimate of drug-likeness (QED) is 0.476. The van der Waals surface area contributed by atoms with Crippen molar-refractivity contribution >= 4 is 28.1 Å². The average molecular weight is 417 g/mol. The normalized spacial score (nSPS) is 11.0. The van der Waals surface area contributed by atoms with Gasteiger partial charge in [0.2, 0.25) is 0 Å². The zero-order valence-corrected chi connectivity index (χ0v) is 18.2. The first-order valence-corrected chi connectivity index (χ1v) is 10.8. The molecule has 0 saturated carbocycles. The van der Waals surface area contributed by atoms with Crippen LogP contribution in [0.2, 0.25) is 0 Å². The number of hydrogen-bond acceptors (Lipinski definition) is 3. The maximum Gasteiger partial charge on any atom is 0.254 e. The maximum absolute atomic E-state index is 13.4. The van der Waals surface area contributed by atoms with Crippen LogP contribution in [-0.2, 0) is 13.1 Å². The Kier molecular flexibility index (Phi) is 5.55. The number of thiophene rings is 1. The molecule has 0 atom stereocenters. The van der Waals surface area contributed by atoms with Crippen molar-refractivity contribution in [2.24, 2.45) is 0 Å².